The summed E-state index contributed by atoms with van der Waals surface area (Å²) in [7, 11) is 0. The molecule has 1 aromatic rings. The lowest BCUT2D eigenvalue weighted by atomic mass is 10.1. The van der Waals surface area contributed by atoms with Crippen LogP contribution in [-0.2, 0) is 16.0 Å². The topological polar surface area (TPSA) is 65.2 Å². The summed E-state index contributed by atoms with van der Waals surface area (Å²) >= 11 is 0. The molecule has 0 aliphatic heterocycles. The van der Waals surface area contributed by atoms with Crippen molar-refractivity contribution in [1.29, 1.82) is 0 Å². The van der Waals surface area contributed by atoms with Crippen molar-refractivity contribution in [3.63, 3.8) is 0 Å². The molecule has 0 bridgehead atoms. The van der Waals surface area contributed by atoms with Crippen molar-refractivity contribution >= 4 is 11.8 Å². The van der Waals surface area contributed by atoms with Crippen molar-refractivity contribution < 1.29 is 9.53 Å². The summed E-state index contributed by atoms with van der Waals surface area (Å²) in [4.78, 5) is 15.2. The summed E-state index contributed by atoms with van der Waals surface area (Å²) in [5.41, 5.74) is 6.54. The highest BCUT2D eigenvalue weighted by atomic mass is 16.5. The largest absolute Gasteiger partial charge is 0.466 e. The molecule has 0 amide bonds. The van der Waals surface area contributed by atoms with Gasteiger partial charge < -0.3 is 10.5 Å². The maximum atomic E-state index is 11.1. The number of carbonyl (C=O) groups is 1. The van der Waals surface area contributed by atoms with E-state index in [1.54, 1.807) is 6.07 Å². The fraction of sp³-hybridized carbons (Fsp3) is 0.500. The second-order valence-corrected chi connectivity index (χ2v) is 3.57. The first-order chi connectivity index (χ1) is 7.72. The third kappa shape index (κ3) is 4.77. The minimum Gasteiger partial charge on any atom is -0.466 e. The van der Waals surface area contributed by atoms with Crippen LogP contribution in [0.25, 0.3) is 0 Å². The van der Waals surface area contributed by atoms with Crippen LogP contribution in [0.4, 0.5) is 5.82 Å². The minimum absolute atomic E-state index is 0.122. The highest BCUT2D eigenvalue weighted by Gasteiger charge is 2.01. The molecule has 1 aromatic heterocycles. The van der Waals surface area contributed by atoms with Crippen LogP contribution in [0.15, 0.2) is 18.2 Å². The summed E-state index contributed by atoms with van der Waals surface area (Å²) in [5, 5.41) is 0. The standard InChI is InChI=1S/C12H18N2O2/c1-2-16-12(15)9-4-3-6-10-7-5-8-11(13)14-10/h5,7-8H,2-4,6,9H2,1H3,(H2,13,14). The molecule has 0 saturated carbocycles. The van der Waals surface area contributed by atoms with Crippen LogP contribution in [0.2, 0.25) is 0 Å². The van der Waals surface area contributed by atoms with Gasteiger partial charge in [-0.1, -0.05) is 6.07 Å². The van der Waals surface area contributed by atoms with Crippen molar-refractivity contribution in [3.8, 4) is 0 Å². The number of carbonyl (C=O) groups excluding carboxylic acids is 1. The second kappa shape index (κ2) is 6.82. The monoisotopic (exact) mass is 222 g/mol. The third-order valence-corrected chi connectivity index (χ3v) is 2.20. The number of rotatable bonds is 6. The Hall–Kier alpha value is -1.58. The van der Waals surface area contributed by atoms with Crippen LogP contribution >= 0.6 is 0 Å². The Bertz CT molecular complexity index is 340. The zero-order valence-corrected chi connectivity index (χ0v) is 9.61. The number of pyridine rings is 1. The average Bonchev–Trinajstić information content (AvgIpc) is 2.25. The van der Waals surface area contributed by atoms with Gasteiger partial charge in [0.05, 0.1) is 6.61 Å². The quantitative estimate of drug-likeness (QED) is 0.590. The van der Waals surface area contributed by atoms with Gasteiger partial charge in [-0.2, -0.15) is 0 Å². The van der Waals surface area contributed by atoms with Crippen molar-refractivity contribution in [2.24, 2.45) is 0 Å². The summed E-state index contributed by atoms with van der Waals surface area (Å²) in [6.07, 6.45) is 3.09. The van der Waals surface area contributed by atoms with Crippen molar-refractivity contribution in [3.05, 3.63) is 23.9 Å². The number of nitrogen functional groups attached to an aromatic ring is 1. The van der Waals surface area contributed by atoms with Gasteiger partial charge in [-0.25, -0.2) is 4.98 Å². The van der Waals surface area contributed by atoms with Crippen LogP contribution < -0.4 is 5.73 Å². The smallest absolute Gasteiger partial charge is 0.305 e. The Morgan fingerprint density at radius 2 is 2.25 bits per heavy atom. The van der Waals surface area contributed by atoms with Crippen LogP contribution in [0.5, 0.6) is 0 Å². The number of ether oxygens (including phenoxy) is 1. The number of nitrogens with two attached hydrogens (primary N) is 1. The SMILES string of the molecule is CCOC(=O)CCCCc1cccc(N)n1. The molecule has 0 unspecified atom stereocenters. The van der Waals surface area contributed by atoms with E-state index in [9.17, 15) is 4.79 Å². The van der Waals surface area contributed by atoms with Crippen molar-refractivity contribution in [2.75, 3.05) is 12.3 Å². The van der Waals surface area contributed by atoms with Crippen LogP contribution in [0.1, 0.15) is 31.9 Å². The summed E-state index contributed by atoms with van der Waals surface area (Å²) in [6, 6.07) is 5.60. The normalized spacial score (nSPS) is 10.1. The molecule has 0 atom stereocenters. The van der Waals surface area contributed by atoms with E-state index in [2.05, 4.69) is 4.98 Å². The zero-order valence-electron chi connectivity index (χ0n) is 9.61. The maximum absolute atomic E-state index is 11.1. The van der Waals surface area contributed by atoms with E-state index in [4.69, 9.17) is 10.5 Å². The van der Waals surface area contributed by atoms with Gasteiger partial charge in [-0.3, -0.25) is 4.79 Å². The summed E-state index contributed by atoms with van der Waals surface area (Å²) < 4.78 is 4.84. The van der Waals surface area contributed by atoms with Crippen molar-refractivity contribution in [2.45, 2.75) is 32.6 Å². The van der Waals surface area contributed by atoms with Gasteiger partial charge in [-0.05, 0) is 38.3 Å². The molecule has 0 spiro atoms. The number of nitrogens with zero attached hydrogens (tertiary/aromatic N) is 1. The Balaban J connectivity index is 2.18. The summed E-state index contributed by atoms with van der Waals surface area (Å²) in [5.74, 6) is 0.422. The number of hydrogen-bond acceptors (Lipinski definition) is 4. The highest BCUT2D eigenvalue weighted by molar-refractivity contribution is 5.69. The van der Waals surface area contributed by atoms with E-state index in [0.717, 1.165) is 25.0 Å². The van der Waals surface area contributed by atoms with Crippen LogP contribution in [0.3, 0.4) is 0 Å². The third-order valence-electron chi connectivity index (χ3n) is 2.20. The molecule has 1 heterocycles. The van der Waals surface area contributed by atoms with Gasteiger partial charge in [0, 0.05) is 12.1 Å². The number of hydrogen-bond donors (Lipinski definition) is 1. The number of anilines is 1. The number of esters is 1. The lowest BCUT2D eigenvalue weighted by molar-refractivity contribution is -0.143. The number of aromatic nitrogens is 1. The molecule has 4 nitrogen and oxygen atoms in total. The summed E-state index contributed by atoms with van der Waals surface area (Å²) in [6.45, 7) is 2.27. The molecule has 0 radical (unpaired) electrons. The van der Waals surface area contributed by atoms with Crippen molar-refractivity contribution in [1.82, 2.24) is 4.98 Å². The Morgan fingerprint density at radius 3 is 2.94 bits per heavy atom. The van der Waals surface area contributed by atoms with E-state index in [0.29, 0.717) is 18.8 Å². The molecular formula is C12H18N2O2. The van der Waals surface area contributed by atoms with Gasteiger partial charge >= 0.3 is 5.97 Å². The van der Waals surface area contributed by atoms with Gasteiger partial charge in [-0.15, -0.1) is 0 Å². The zero-order chi connectivity index (χ0) is 11.8. The predicted octanol–water partition coefficient (Wildman–Crippen LogP) is 1.94. The van der Waals surface area contributed by atoms with Gasteiger partial charge in [0.1, 0.15) is 5.82 Å². The molecule has 0 aliphatic carbocycles. The number of aryl methyl sites for hydroxylation is 1. The molecule has 0 saturated heterocycles. The molecule has 16 heavy (non-hydrogen) atoms. The van der Waals surface area contributed by atoms with E-state index in [1.165, 1.54) is 0 Å². The minimum atomic E-state index is -0.122. The Labute approximate surface area is 95.8 Å². The molecule has 0 fully saturated rings. The number of unbranched alkanes of at least 4 members (excludes halogenated alkanes) is 1. The van der Waals surface area contributed by atoms with Crippen LogP contribution in [0, 0.1) is 0 Å². The first-order valence-corrected chi connectivity index (χ1v) is 5.59. The Kier molecular flexibility index (Phi) is 5.32. The second-order valence-electron chi connectivity index (χ2n) is 3.57. The fourth-order valence-corrected chi connectivity index (χ4v) is 1.45. The predicted molar refractivity (Wildman–Crippen MR) is 62.8 cm³/mol. The Morgan fingerprint density at radius 1 is 1.44 bits per heavy atom. The van der Waals surface area contributed by atoms with Gasteiger partial charge in [0.25, 0.3) is 0 Å². The van der Waals surface area contributed by atoms with E-state index < -0.39 is 0 Å². The molecule has 1 rings (SSSR count). The molecule has 0 aromatic carbocycles. The maximum Gasteiger partial charge on any atom is 0.305 e. The first-order valence-electron chi connectivity index (χ1n) is 5.59. The highest BCUT2D eigenvalue weighted by Crippen LogP contribution is 2.06. The first kappa shape index (κ1) is 12.5. The van der Waals surface area contributed by atoms with Crippen LogP contribution in [-0.4, -0.2) is 17.6 Å². The van der Waals surface area contributed by atoms with E-state index in [1.807, 2.05) is 19.1 Å². The molecule has 88 valence electrons. The molecule has 2 N–H and O–H groups in total. The molecule has 4 heteroatoms. The molecular weight excluding hydrogens is 204 g/mol. The van der Waals surface area contributed by atoms with E-state index >= 15 is 0 Å². The lowest BCUT2D eigenvalue weighted by Crippen LogP contribution is -2.03. The van der Waals surface area contributed by atoms with E-state index in [-0.39, 0.29) is 5.97 Å². The fourth-order valence-electron chi connectivity index (χ4n) is 1.45. The van der Waals surface area contributed by atoms with Gasteiger partial charge in [0.2, 0.25) is 0 Å². The average molecular weight is 222 g/mol. The van der Waals surface area contributed by atoms with Gasteiger partial charge in [0.15, 0.2) is 0 Å². The lowest BCUT2D eigenvalue weighted by Gasteiger charge is -2.02. The molecule has 0 aliphatic rings.